The molecule has 0 amide bonds. The van der Waals surface area contributed by atoms with Crippen LogP contribution in [0.25, 0.3) is 0 Å². The molecule has 1 aliphatic rings. The molecule has 116 valence electrons. The Hall–Kier alpha value is -1.36. The zero-order valence-electron chi connectivity index (χ0n) is 13.0. The first-order valence-electron chi connectivity index (χ1n) is 7.58. The van der Waals surface area contributed by atoms with Crippen LogP contribution in [0.2, 0.25) is 0 Å². The lowest BCUT2D eigenvalue weighted by Crippen LogP contribution is -2.41. The van der Waals surface area contributed by atoms with Crippen molar-refractivity contribution in [3.8, 4) is 0 Å². The number of hydrogen-bond acceptors (Lipinski definition) is 4. The number of hydrogen-bond donors (Lipinski definition) is 2. The van der Waals surface area contributed by atoms with Crippen LogP contribution in [-0.4, -0.2) is 29.4 Å². The highest BCUT2D eigenvalue weighted by molar-refractivity contribution is 7.99. The van der Waals surface area contributed by atoms with Crippen LogP contribution in [0, 0.1) is 5.92 Å². The summed E-state index contributed by atoms with van der Waals surface area (Å²) in [7, 11) is 0. The number of nitrogens with zero attached hydrogens (tertiary/aromatic N) is 2. The van der Waals surface area contributed by atoms with Gasteiger partial charge in [0.25, 0.3) is 0 Å². The van der Waals surface area contributed by atoms with Crippen molar-refractivity contribution in [1.82, 2.24) is 0 Å². The summed E-state index contributed by atoms with van der Waals surface area (Å²) in [6.45, 7) is 7.69. The van der Waals surface area contributed by atoms with E-state index in [1.165, 1.54) is 12.8 Å². The summed E-state index contributed by atoms with van der Waals surface area (Å²) in [6.07, 6.45) is 2.37. The van der Waals surface area contributed by atoms with E-state index in [9.17, 15) is 0 Å². The summed E-state index contributed by atoms with van der Waals surface area (Å²) in [5, 5.41) is 12.4. The summed E-state index contributed by atoms with van der Waals surface area (Å²) >= 11 is 1.73. The molecular weight excluding hydrogens is 282 g/mol. The van der Waals surface area contributed by atoms with Crippen molar-refractivity contribution in [2.75, 3.05) is 17.2 Å². The van der Waals surface area contributed by atoms with Gasteiger partial charge in [0.05, 0.1) is 5.56 Å². The van der Waals surface area contributed by atoms with E-state index in [1.807, 2.05) is 6.07 Å². The number of thioether (sulfide) groups is 1. The van der Waals surface area contributed by atoms with Crippen molar-refractivity contribution in [2.45, 2.75) is 44.6 Å². The molecule has 2 unspecified atom stereocenters. The molecule has 1 aliphatic heterocycles. The number of amidine groups is 1. The van der Waals surface area contributed by atoms with Gasteiger partial charge in [-0.15, -0.1) is 11.8 Å². The van der Waals surface area contributed by atoms with Gasteiger partial charge in [-0.25, -0.2) is 0 Å². The number of nitrogens with two attached hydrogens (primary N) is 1. The highest BCUT2D eigenvalue weighted by Crippen LogP contribution is 2.35. The molecule has 21 heavy (non-hydrogen) atoms. The van der Waals surface area contributed by atoms with Gasteiger partial charge in [0.2, 0.25) is 0 Å². The highest BCUT2D eigenvalue weighted by Gasteiger charge is 2.26. The average molecular weight is 307 g/mol. The molecule has 1 aromatic rings. The van der Waals surface area contributed by atoms with Crippen LogP contribution in [0.15, 0.2) is 28.3 Å². The normalized spacial score (nSPS) is 23.4. The molecule has 1 fully saturated rings. The second kappa shape index (κ2) is 7.07. The first kappa shape index (κ1) is 16.0. The van der Waals surface area contributed by atoms with Gasteiger partial charge < -0.3 is 15.8 Å². The maximum atomic E-state index is 9.15. The van der Waals surface area contributed by atoms with E-state index in [0.29, 0.717) is 6.04 Å². The van der Waals surface area contributed by atoms with Crippen LogP contribution in [0.4, 0.5) is 5.69 Å². The van der Waals surface area contributed by atoms with Gasteiger partial charge in [0.1, 0.15) is 0 Å². The number of anilines is 1. The second-order valence-electron chi connectivity index (χ2n) is 5.74. The molecule has 0 bridgehead atoms. The van der Waals surface area contributed by atoms with Gasteiger partial charge in [-0.2, -0.15) is 0 Å². The quantitative estimate of drug-likeness (QED) is 0.294. The summed E-state index contributed by atoms with van der Waals surface area (Å²) in [5.74, 6) is 1.92. The Balaban J connectivity index is 2.45. The lowest BCUT2D eigenvalue weighted by atomic mass is 9.92. The van der Waals surface area contributed by atoms with Crippen molar-refractivity contribution in [3.05, 3.63) is 23.8 Å². The third kappa shape index (κ3) is 3.46. The van der Waals surface area contributed by atoms with Crippen LogP contribution in [0.1, 0.15) is 39.2 Å². The maximum absolute atomic E-state index is 9.15. The number of rotatable bonds is 4. The van der Waals surface area contributed by atoms with E-state index in [0.717, 1.165) is 34.4 Å². The highest BCUT2D eigenvalue weighted by atomic mass is 32.2. The van der Waals surface area contributed by atoms with E-state index in [2.05, 4.69) is 43.0 Å². The SMILES string of the molecule is CCSc1cccc(N2CCC(C)CC2C)c1/C(N)=N/O. The fraction of sp³-hybridized carbons (Fsp3) is 0.562. The Labute approximate surface area is 131 Å². The van der Waals surface area contributed by atoms with Crippen LogP contribution in [-0.2, 0) is 0 Å². The molecule has 0 radical (unpaired) electrons. The second-order valence-corrected chi connectivity index (χ2v) is 7.05. The number of benzene rings is 1. The molecular formula is C16H25N3OS. The zero-order chi connectivity index (χ0) is 15.4. The van der Waals surface area contributed by atoms with Gasteiger partial charge in [-0.3, -0.25) is 0 Å². The zero-order valence-corrected chi connectivity index (χ0v) is 13.9. The Morgan fingerprint density at radius 2 is 2.24 bits per heavy atom. The third-order valence-corrected chi connectivity index (χ3v) is 5.06. The lowest BCUT2D eigenvalue weighted by Gasteiger charge is -2.39. The molecule has 1 saturated heterocycles. The first-order valence-corrected chi connectivity index (χ1v) is 8.57. The fourth-order valence-corrected chi connectivity index (χ4v) is 3.95. The van der Waals surface area contributed by atoms with Crippen LogP contribution in [0.3, 0.4) is 0 Å². The molecule has 4 nitrogen and oxygen atoms in total. The van der Waals surface area contributed by atoms with Crippen LogP contribution < -0.4 is 10.6 Å². The van der Waals surface area contributed by atoms with Gasteiger partial charge in [-0.1, -0.05) is 25.1 Å². The summed E-state index contributed by atoms with van der Waals surface area (Å²) in [4.78, 5) is 3.48. The standard InChI is InChI=1S/C16H25N3OS/c1-4-21-14-7-5-6-13(15(14)16(17)18-20)19-9-8-11(2)10-12(19)3/h5-7,11-12,20H,4,8-10H2,1-3H3,(H2,17,18). The molecule has 0 saturated carbocycles. The largest absolute Gasteiger partial charge is 0.409 e. The van der Waals surface area contributed by atoms with Crippen LogP contribution in [0.5, 0.6) is 0 Å². The molecule has 1 heterocycles. The molecule has 0 aromatic heterocycles. The van der Waals surface area contributed by atoms with E-state index in [1.54, 1.807) is 11.8 Å². The van der Waals surface area contributed by atoms with Crippen molar-refractivity contribution < 1.29 is 5.21 Å². The molecule has 2 rings (SSSR count). The Bertz CT molecular complexity index is 518. The lowest BCUT2D eigenvalue weighted by molar-refractivity contribution is 0.318. The third-order valence-electron chi connectivity index (χ3n) is 4.12. The molecule has 3 N–H and O–H groups in total. The Morgan fingerprint density at radius 1 is 1.48 bits per heavy atom. The fourth-order valence-electron chi connectivity index (χ4n) is 3.11. The first-order chi connectivity index (χ1) is 10.1. The van der Waals surface area contributed by atoms with Gasteiger partial charge in [0.15, 0.2) is 5.84 Å². The summed E-state index contributed by atoms with van der Waals surface area (Å²) < 4.78 is 0. The van der Waals surface area contributed by atoms with E-state index >= 15 is 0 Å². The van der Waals surface area contributed by atoms with E-state index in [-0.39, 0.29) is 5.84 Å². The molecule has 0 aliphatic carbocycles. The number of piperidine rings is 1. The minimum Gasteiger partial charge on any atom is -0.409 e. The van der Waals surface area contributed by atoms with Gasteiger partial charge in [-0.05, 0) is 43.6 Å². The van der Waals surface area contributed by atoms with Crippen molar-refractivity contribution in [1.29, 1.82) is 0 Å². The predicted octanol–water partition coefficient (Wildman–Crippen LogP) is 3.52. The summed E-state index contributed by atoms with van der Waals surface area (Å²) in [6, 6.07) is 6.66. The van der Waals surface area contributed by atoms with Gasteiger partial charge in [0, 0.05) is 23.2 Å². The molecule has 0 spiro atoms. The average Bonchev–Trinajstić information content (AvgIpc) is 2.47. The monoisotopic (exact) mass is 307 g/mol. The minimum absolute atomic E-state index is 0.201. The van der Waals surface area contributed by atoms with Crippen molar-refractivity contribution in [2.24, 2.45) is 16.8 Å². The number of oxime groups is 1. The topological polar surface area (TPSA) is 61.8 Å². The van der Waals surface area contributed by atoms with E-state index < -0.39 is 0 Å². The van der Waals surface area contributed by atoms with E-state index in [4.69, 9.17) is 10.9 Å². The summed E-state index contributed by atoms with van der Waals surface area (Å²) in [5.41, 5.74) is 7.92. The smallest absolute Gasteiger partial charge is 0.173 e. The van der Waals surface area contributed by atoms with Crippen molar-refractivity contribution in [3.63, 3.8) is 0 Å². The predicted molar refractivity (Wildman–Crippen MR) is 90.6 cm³/mol. The van der Waals surface area contributed by atoms with Crippen molar-refractivity contribution >= 4 is 23.3 Å². The molecule has 2 atom stereocenters. The Morgan fingerprint density at radius 3 is 2.86 bits per heavy atom. The maximum Gasteiger partial charge on any atom is 0.173 e. The van der Waals surface area contributed by atoms with Gasteiger partial charge >= 0.3 is 0 Å². The molecule has 5 heteroatoms. The molecule has 1 aromatic carbocycles. The minimum atomic E-state index is 0.201. The Kier molecular flexibility index (Phi) is 5.39. The van der Waals surface area contributed by atoms with Crippen LogP contribution >= 0.6 is 11.8 Å².